The van der Waals surface area contributed by atoms with Gasteiger partial charge in [0, 0.05) is 19.1 Å². The molecule has 2 N–H and O–H groups in total. The van der Waals surface area contributed by atoms with Crippen molar-refractivity contribution in [1.29, 1.82) is 0 Å². The normalized spacial score (nSPS) is 18.8. The summed E-state index contributed by atoms with van der Waals surface area (Å²) in [5.41, 5.74) is 8.60. The number of rotatable bonds is 5. The van der Waals surface area contributed by atoms with Gasteiger partial charge in [-0.05, 0) is 63.3 Å². The number of ether oxygens (including phenoxy) is 1. The second-order valence-corrected chi connectivity index (χ2v) is 5.63. The largest absolute Gasteiger partial charge is 0.481 e. The minimum absolute atomic E-state index is 0.0365. The summed E-state index contributed by atoms with van der Waals surface area (Å²) in [6, 6.07) is 6.15. The van der Waals surface area contributed by atoms with E-state index in [1.54, 1.807) is 4.90 Å². The van der Waals surface area contributed by atoms with Gasteiger partial charge in [0.1, 0.15) is 5.75 Å². The molecule has 0 spiro atoms. The first-order chi connectivity index (χ1) is 10.1. The van der Waals surface area contributed by atoms with Crippen LogP contribution in [-0.2, 0) is 11.2 Å². The van der Waals surface area contributed by atoms with E-state index in [1.165, 1.54) is 11.1 Å². The smallest absolute Gasteiger partial charge is 0.263 e. The molecule has 0 saturated heterocycles. The number of carbonyl (C=O) groups is 1. The number of likely N-dealkylation sites (N-methyl/N-ethyl adjacent to an activating group) is 1. The van der Waals surface area contributed by atoms with Crippen molar-refractivity contribution in [3.63, 3.8) is 0 Å². The highest BCUT2D eigenvalue weighted by Gasteiger charge is 2.21. The van der Waals surface area contributed by atoms with Crippen molar-refractivity contribution < 1.29 is 9.53 Å². The van der Waals surface area contributed by atoms with Crippen LogP contribution in [0.4, 0.5) is 0 Å². The third-order valence-corrected chi connectivity index (χ3v) is 4.21. The van der Waals surface area contributed by atoms with Gasteiger partial charge in [0.05, 0.1) is 0 Å². The molecule has 4 heteroatoms. The number of hydrogen-bond donors (Lipinski definition) is 1. The van der Waals surface area contributed by atoms with Gasteiger partial charge in [-0.1, -0.05) is 6.07 Å². The highest BCUT2D eigenvalue weighted by atomic mass is 16.5. The molecule has 1 aromatic carbocycles. The number of hydrogen-bond acceptors (Lipinski definition) is 3. The van der Waals surface area contributed by atoms with Crippen LogP contribution >= 0.6 is 0 Å². The Labute approximate surface area is 127 Å². The van der Waals surface area contributed by atoms with Gasteiger partial charge in [0.25, 0.3) is 5.91 Å². The van der Waals surface area contributed by atoms with E-state index < -0.39 is 6.10 Å². The zero-order valence-corrected chi connectivity index (χ0v) is 13.3. The van der Waals surface area contributed by atoms with Gasteiger partial charge in [-0.2, -0.15) is 0 Å². The highest BCUT2D eigenvalue weighted by Crippen LogP contribution is 2.30. The SMILES string of the molecule is CCN(CC)C(=O)C(C)Oc1ccc2c(c1)CCCC2N. The fourth-order valence-electron chi connectivity index (χ4n) is 2.95. The molecule has 1 aliphatic carbocycles. The van der Waals surface area contributed by atoms with Crippen LogP contribution in [0.5, 0.6) is 5.75 Å². The molecule has 21 heavy (non-hydrogen) atoms. The van der Waals surface area contributed by atoms with Crippen LogP contribution in [0.1, 0.15) is 50.8 Å². The number of fused-ring (bicyclic) bond motifs is 1. The Balaban J connectivity index is 2.08. The van der Waals surface area contributed by atoms with E-state index in [2.05, 4.69) is 0 Å². The topological polar surface area (TPSA) is 55.6 Å². The molecule has 0 saturated carbocycles. The van der Waals surface area contributed by atoms with Crippen LogP contribution < -0.4 is 10.5 Å². The van der Waals surface area contributed by atoms with Gasteiger partial charge in [-0.3, -0.25) is 4.79 Å². The minimum Gasteiger partial charge on any atom is -0.481 e. The average Bonchev–Trinajstić information content (AvgIpc) is 2.48. The zero-order chi connectivity index (χ0) is 15.4. The lowest BCUT2D eigenvalue weighted by Gasteiger charge is -2.25. The van der Waals surface area contributed by atoms with Crippen molar-refractivity contribution in [2.24, 2.45) is 5.73 Å². The Bertz CT molecular complexity index is 498. The van der Waals surface area contributed by atoms with E-state index >= 15 is 0 Å². The predicted octanol–water partition coefficient (Wildman–Crippen LogP) is 2.66. The summed E-state index contributed by atoms with van der Waals surface area (Å²) in [5, 5.41) is 0. The standard InChI is InChI=1S/C17H26N2O2/c1-4-19(5-2)17(20)12(3)21-14-9-10-15-13(11-14)7-6-8-16(15)18/h9-12,16H,4-8,18H2,1-3H3. The summed E-state index contributed by atoms with van der Waals surface area (Å²) in [4.78, 5) is 14.0. The van der Waals surface area contributed by atoms with Crippen molar-refractivity contribution in [2.45, 2.75) is 52.2 Å². The summed E-state index contributed by atoms with van der Waals surface area (Å²) in [6.45, 7) is 7.19. The fourth-order valence-corrected chi connectivity index (χ4v) is 2.95. The molecular formula is C17H26N2O2. The molecule has 0 aliphatic heterocycles. The maximum atomic E-state index is 12.2. The van der Waals surface area contributed by atoms with Crippen molar-refractivity contribution in [3.8, 4) is 5.75 Å². The van der Waals surface area contributed by atoms with E-state index in [0.717, 1.165) is 25.0 Å². The first kappa shape index (κ1) is 15.8. The molecule has 1 aliphatic rings. The summed E-state index contributed by atoms with van der Waals surface area (Å²) >= 11 is 0. The van der Waals surface area contributed by atoms with Crippen molar-refractivity contribution in [2.75, 3.05) is 13.1 Å². The number of nitrogens with two attached hydrogens (primary N) is 1. The summed E-state index contributed by atoms with van der Waals surface area (Å²) < 4.78 is 5.83. The van der Waals surface area contributed by atoms with Gasteiger partial charge in [-0.15, -0.1) is 0 Å². The number of carbonyl (C=O) groups excluding carboxylic acids is 1. The van der Waals surface area contributed by atoms with Gasteiger partial charge in [0.2, 0.25) is 0 Å². The van der Waals surface area contributed by atoms with Crippen LogP contribution in [0.25, 0.3) is 0 Å². The predicted molar refractivity (Wildman–Crippen MR) is 84.3 cm³/mol. The van der Waals surface area contributed by atoms with Gasteiger partial charge in [-0.25, -0.2) is 0 Å². The Morgan fingerprint density at radius 1 is 1.43 bits per heavy atom. The number of amides is 1. The molecule has 2 rings (SSSR count). The molecule has 2 atom stereocenters. The first-order valence-corrected chi connectivity index (χ1v) is 7.90. The number of aryl methyl sites for hydroxylation is 1. The van der Waals surface area contributed by atoms with Gasteiger partial charge in [0.15, 0.2) is 6.10 Å². The van der Waals surface area contributed by atoms with Crippen molar-refractivity contribution in [3.05, 3.63) is 29.3 Å². The Kier molecular flexibility index (Phi) is 5.23. The Morgan fingerprint density at radius 3 is 2.81 bits per heavy atom. The molecule has 4 nitrogen and oxygen atoms in total. The molecule has 0 heterocycles. The lowest BCUT2D eigenvalue weighted by atomic mass is 9.88. The zero-order valence-electron chi connectivity index (χ0n) is 13.3. The second kappa shape index (κ2) is 6.94. The molecular weight excluding hydrogens is 264 g/mol. The highest BCUT2D eigenvalue weighted by molar-refractivity contribution is 5.80. The van der Waals surface area contributed by atoms with Gasteiger partial charge < -0.3 is 15.4 Å². The summed E-state index contributed by atoms with van der Waals surface area (Å²) in [5.74, 6) is 0.797. The second-order valence-electron chi connectivity index (χ2n) is 5.63. The van der Waals surface area contributed by atoms with E-state index in [1.807, 2.05) is 39.0 Å². The van der Waals surface area contributed by atoms with Crippen molar-refractivity contribution >= 4 is 5.91 Å². The fraction of sp³-hybridized carbons (Fsp3) is 0.588. The third-order valence-electron chi connectivity index (χ3n) is 4.21. The third kappa shape index (κ3) is 3.56. The lowest BCUT2D eigenvalue weighted by molar-refractivity contribution is -0.137. The molecule has 0 radical (unpaired) electrons. The van der Waals surface area contributed by atoms with Gasteiger partial charge >= 0.3 is 0 Å². The van der Waals surface area contributed by atoms with Crippen LogP contribution in [0.15, 0.2) is 18.2 Å². The van der Waals surface area contributed by atoms with Crippen molar-refractivity contribution in [1.82, 2.24) is 4.90 Å². The van der Waals surface area contributed by atoms with Crippen LogP contribution in [0.3, 0.4) is 0 Å². The Hall–Kier alpha value is -1.55. The monoisotopic (exact) mass is 290 g/mol. The molecule has 0 bridgehead atoms. The molecule has 1 amide bonds. The number of benzene rings is 1. The first-order valence-electron chi connectivity index (χ1n) is 7.90. The molecule has 2 unspecified atom stereocenters. The Morgan fingerprint density at radius 2 is 2.14 bits per heavy atom. The van der Waals surface area contributed by atoms with E-state index in [-0.39, 0.29) is 11.9 Å². The lowest BCUT2D eigenvalue weighted by Crippen LogP contribution is -2.40. The summed E-state index contributed by atoms with van der Waals surface area (Å²) in [6.07, 6.45) is 2.74. The van der Waals surface area contributed by atoms with Crippen LogP contribution in [-0.4, -0.2) is 30.0 Å². The average molecular weight is 290 g/mol. The maximum Gasteiger partial charge on any atom is 0.263 e. The van der Waals surface area contributed by atoms with Crippen LogP contribution in [0.2, 0.25) is 0 Å². The minimum atomic E-state index is -0.458. The van der Waals surface area contributed by atoms with E-state index in [9.17, 15) is 4.79 Å². The van der Waals surface area contributed by atoms with E-state index in [0.29, 0.717) is 13.1 Å². The van der Waals surface area contributed by atoms with Crippen LogP contribution in [0, 0.1) is 0 Å². The molecule has 116 valence electrons. The molecule has 0 aromatic heterocycles. The quantitative estimate of drug-likeness (QED) is 0.907. The summed E-state index contributed by atoms with van der Waals surface area (Å²) in [7, 11) is 0. The molecule has 1 aromatic rings. The molecule has 0 fully saturated rings. The number of nitrogens with zero attached hydrogens (tertiary/aromatic N) is 1. The maximum absolute atomic E-state index is 12.2. The van der Waals surface area contributed by atoms with E-state index in [4.69, 9.17) is 10.5 Å².